The van der Waals surface area contributed by atoms with Crippen molar-refractivity contribution in [3.05, 3.63) is 11.2 Å². The number of nitrogens with one attached hydrogen (secondary N) is 1. The average Bonchev–Trinajstić information content (AvgIpc) is 2.74. The molecule has 0 aromatic carbocycles. The summed E-state index contributed by atoms with van der Waals surface area (Å²) in [4.78, 5) is 4.52. The van der Waals surface area contributed by atoms with Crippen LogP contribution in [-0.4, -0.2) is 24.8 Å². The number of nitrogens with zero attached hydrogens (tertiary/aromatic N) is 1. The standard InChI is InChI=1S/C11H17BrN2O2S2/c1-8-13-7-11(17-8)18(15,16)14-6-9-3-2-4-10(12)5-9/h7,9-10,14H,2-6H2,1H3. The molecule has 2 atom stereocenters. The molecule has 1 aliphatic carbocycles. The summed E-state index contributed by atoms with van der Waals surface area (Å²) in [6.07, 6.45) is 5.94. The molecule has 1 aliphatic rings. The quantitative estimate of drug-likeness (QED) is 0.847. The van der Waals surface area contributed by atoms with E-state index in [1.165, 1.54) is 30.4 Å². The number of hydrogen-bond acceptors (Lipinski definition) is 4. The molecule has 0 bridgehead atoms. The van der Waals surface area contributed by atoms with Gasteiger partial charge in [0.1, 0.15) is 0 Å². The van der Waals surface area contributed by atoms with Crippen molar-refractivity contribution in [3.63, 3.8) is 0 Å². The van der Waals surface area contributed by atoms with Gasteiger partial charge in [-0.2, -0.15) is 0 Å². The van der Waals surface area contributed by atoms with Gasteiger partial charge in [0, 0.05) is 11.4 Å². The van der Waals surface area contributed by atoms with Crippen LogP contribution in [0.5, 0.6) is 0 Å². The third kappa shape index (κ3) is 3.76. The molecule has 4 nitrogen and oxygen atoms in total. The molecule has 1 N–H and O–H groups in total. The topological polar surface area (TPSA) is 59.1 Å². The molecule has 2 unspecified atom stereocenters. The first-order valence-electron chi connectivity index (χ1n) is 6.03. The van der Waals surface area contributed by atoms with Crippen LogP contribution in [0.2, 0.25) is 0 Å². The number of hydrogen-bond donors (Lipinski definition) is 1. The van der Waals surface area contributed by atoms with Crippen LogP contribution in [0.4, 0.5) is 0 Å². The summed E-state index contributed by atoms with van der Waals surface area (Å²) in [7, 11) is -3.37. The summed E-state index contributed by atoms with van der Waals surface area (Å²) in [5, 5.41) is 0.772. The number of halogens is 1. The molecule has 0 amide bonds. The van der Waals surface area contributed by atoms with E-state index in [0.717, 1.165) is 17.8 Å². The van der Waals surface area contributed by atoms with E-state index in [0.29, 0.717) is 21.5 Å². The Morgan fingerprint density at radius 3 is 2.94 bits per heavy atom. The van der Waals surface area contributed by atoms with Gasteiger partial charge in [0.05, 0.1) is 11.2 Å². The van der Waals surface area contributed by atoms with Crippen molar-refractivity contribution in [3.8, 4) is 0 Å². The molecule has 18 heavy (non-hydrogen) atoms. The van der Waals surface area contributed by atoms with E-state index in [1.54, 1.807) is 6.92 Å². The van der Waals surface area contributed by atoms with E-state index >= 15 is 0 Å². The lowest BCUT2D eigenvalue weighted by Gasteiger charge is -2.25. The minimum absolute atomic E-state index is 0.311. The Hall–Kier alpha value is 0.0200. The molecule has 102 valence electrons. The molecule has 1 fully saturated rings. The predicted molar refractivity (Wildman–Crippen MR) is 76.7 cm³/mol. The molecule has 2 rings (SSSR count). The molecule has 1 heterocycles. The first-order chi connectivity index (χ1) is 8.47. The molecule has 1 saturated carbocycles. The molecular weight excluding hydrogens is 336 g/mol. The molecule has 0 radical (unpaired) electrons. The van der Waals surface area contributed by atoms with Crippen molar-refractivity contribution in [2.45, 2.75) is 41.6 Å². The van der Waals surface area contributed by atoms with Crippen molar-refractivity contribution in [2.75, 3.05) is 6.54 Å². The van der Waals surface area contributed by atoms with Crippen LogP contribution in [0, 0.1) is 12.8 Å². The Balaban J connectivity index is 1.93. The van der Waals surface area contributed by atoms with E-state index in [9.17, 15) is 8.42 Å². The van der Waals surface area contributed by atoms with E-state index in [4.69, 9.17) is 0 Å². The highest BCUT2D eigenvalue weighted by atomic mass is 79.9. The Labute approximate surface area is 120 Å². The fourth-order valence-electron chi connectivity index (χ4n) is 2.18. The molecule has 0 saturated heterocycles. The number of alkyl halides is 1. The Kier molecular flexibility index (Phi) is 4.80. The Morgan fingerprint density at radius 1 is 1.56 bits per heavy atom. The maximum atomic E-state index is 12.0. The van der Waals surface area contributed by atoms with Gasteiger partial charge >= 0.3 is 0 Å². The lowest BCUT2D eigenvalue weighted by Crippen LogP contribution is -2.31. The van der Waals surface area contributed by atoms with Crippen molar-refractivity contribution in [2.24, 2.45) is 5.92 Å². The first kappa shape index (κ1) is 14.4. The van der Waals surface area contributed by atoms with Crippen LogP contribution in [0.3, 0.4) is 0 Å². The van der Waals surface area contributed by atoms with Gasteiger partial charge < -0.3 is 0 Å². The molecule has 0 aliphatic heterocycles. The molecular formula is C11H17BrN2O2S2. The highest BCUT2D eigenvalue weighted by Crippen LogP contribution is 2.29. The van der Waals surface area contributed by atoms with Crippen LogP contribution in [0.25, 0.3) is 0 Å². The summed E-state index contributed by atoms with van der Waals surface area (Å²) < 4.78 is 27.0. The maximum absolute atomic E-state index is 12.0. The lowest BCUT2D eigenvalue weighted by atomic mass is 9.89. The fraction of sp³-hybridized carbons (Fsp3) is 0.727. The first-order valence-corrected chi connectivity index (χ1v) is 9.25. The van der Waals surface area contributed by atoms with Crippen LogP contribution in [0.1, 0.15) is 30.7 Å². The van der Waals surface area contributed by atoms with Gasteiger partial charge in [0.25, 0.3) is 10.0 Å². The number of rotatable bonds is 4. The summed E-state index contributed by atoms with van der Waals surface area (Å²) >= 11 is 4.82. The number of aryl methyl sites for hydroxylation is 1. The molecule has 7 heteroatoms. The number of thiazole rings is 1. The summed E-state index contributed by atoms with van der Waals surface area (Å²) in [5.41, 5.74) is 0. The van der Waals surface area contributed by atoms with Gasteiger partial charge in [0.2, 0.25) is 0 Å². The normalized spacial score (nSPS) is 25.2. The third-order valence-corrected chi connectivity index (χ3v) is 6.77. The monoisotopic (exact) mass is 352 g/mol. The average molecular weight is 353 g/mol. The summed E-state index contributed by atoms with van der Waals surface area (Å²) in [6, 6.07) is 0. The van der Waals surface area contributed by atoms with Gasteiger partial charge in [-0.15, -0.1) is 11.3 Å². The molecule has 0 spiro atoms. The van der Waals surface area contributed by atoms with Crippen molar-refractivity contribution >= 4 is 37.3 Å². The van der Waals surface area contributed by atoms with E-state index in [-0.39, 0.29) is 0 Å². The fourth-order valence-corrected chi connectivity index (χ4v) is 5.30. The van der Waals surface area contributed by atoms with Gasteiger partial charge in [-0.25, -0.2) is 18.1 Å². The predicted octanol–water partition coefficient (Wildman–Crippen LogP) is 2.68. The zero-order chi connectivity index (χ0) is 13.2. The van der Waals surface area contributed by atoms with E-state index in [2.05, 4.69) is 25.6 Å². The van der Waals surface area contributed by atoms with Crippen molar-refractivity contribution < 1.29 is 8.42 Å². The van der Waals surface area contributed by atoms with Gasteiger partial charge in [-0.3, -0.25) is 0 Å². The Bertz CT molecular complexity index is 501. The minimum Gasteiger partial charge on any atom is -0.249 e. The SMILES string of the molecule is Cc1ncc(S(=O)(=O)NCC2CCCC(Br)C2)s1. The zero-order valence-electron chi connectivity index (χ0n) is 10.2. The third-order valence-electron chi connectivity index (χ3n) is 3.15. The highest BCUT2D eigenvalue weighted by Gasteiger charge is 2.23. The molecule has 1 aromatic rings. The van der Waals surface area contributed by atoms with Gasteiger partial charge in [-0.1, -0.05) is 22.4 Å². The zero-order valence-corrected chi connectivity index (χ0v) is 13.4. The van der Waals surface area contributed by atoms with Crippen LogP contribution in [0.15, 0.2) is 10.4 Å². The second-order valence-electron chi connectivity index (χ2n) is 4.68. The summed E-state index contributed by atoms with van der Waals surface area (Å²) in [6.45, 7) is 2.33. The number of sulfonamides is 1. The maximum Gasteiger partial charge on any atom is 0.251 e. The van der Waals surface area contributed by atoms with Crippen LogP contribution >= 0.6 is 27.3 Å². The smallest absolute Gasteiger partial charge is 0.249 e. The van der Waals surface area contributed by atoms with Crippen molar-refractivity contribution in [1.29, 1.82) is 0 Å². The Morgan fingerprint density at radius 2 is 2.33 bits per heavy atom. The van der Waals surface area contributed by atoms with Crippen molar-refractivity contribution in [1.82, 2.24) is 9.71 Å². The van der Waals surface area contributed by atoms with E-state index < -0.39 is 10.0 Å². The second kappa shape index (κ2) is 5.98. The molecule has 1 aromatic heterocycles. The minimum atomic E-state index is -3.37. The van der Waals surface area contributed by atoms with Crippen LogP contribution in [-0.2, 0) is 10.0 Å². The van der Waals surface area contributed by atoms with Gasteiger partial charge in [0.15, 0.2) is 4.21 Å². The second-order valence-corrected chi connectivity index (χ2v) is 9.20. The van der Waals surface area contributed by atoms with Crippen LogP contribution < -0.4 is 4.72 Å². The lowest BCUT2D eigenvalue weighted by molar-refractivity contribution is 0.368. The van der Waals surface area contributed by atoms with E-state index in [1.807, 2.05) is 0 Å². The van der Waals surface area contributed by atoms with Gasteiger partial charge in [-0.05, 0) is 32.1 Å². The summed E-state index contributed by atoms with van der Waals surface area (Å²) in [5.74, 6) is 0.437. The largest absolute Gasteiger partial charge is 0.251 e. The number of aromatic nitrogens is 1. The highest BCUT2D eigenvalue weighted by molar-refractivity contribution is 9.09.